The first-order chi connectivity index (χ1) is 15.9. The molecule has 168 valence electrons. The number of hydrogen-bond acceptors (Lipinski definition) is 7. The normalized spacial score (nSPS) is 16.3. The van der Waals surface area contributed by atoms with Crippen molar-refractivity contribution >= 4 is 11.3 Å². The van der Waals surface area contributed by atoms with Gasteiger partial charge in [-0.1, -0.05) is 0 Å². The molecule has 0 spiro atoms. The van der Waals surface area contributed by atoms with Gasteiger partial charge < -0.3 is 39.4 Å². The lowest BCUT2D eigenvalue weighted by atomic mass is 9.91. The van der Waals surface area contributed by atoms with E-state index < -0.39 is 6.10 Å². The Morgan fingerprint density at radius 3 is 2.15 bits per heavy atom. The third-order valence-electron chi connectivity index (χ3n) is 5.60. The van der Waals surface area contributed by atoms with Crippen LogP contribution in [0.3, 0.4) is 0 Å². The molecule has 1 unspecified atom stereocenters. The Bertz CT molecular complexity index is 1300. The van der Waals surface area contributed by atoms with Crippen molar-refractivity contribution in [3.63, 3.8) is 0 Å². The monoisotopic (exact) mass is 449 g/mol. The lowest BCUT2D eigenvalue weighted by molar-refractivity contribution is -0.0206. The van der Waals surface area contributed by atoms with Gasteiger partial charge in [-0.25, -0.2) is 0 Å². The van der Waals surface area contributed by atoms with Crippen LogP contribution >= 0.6 is 0 Å². The molecular weight excluding hydrogens is 428 g/mol. The van der Waals surface area contributed by atoms with Gasteiger partial charge in [0, 0.05) is 17.2 Å². The second kappa shape index (κ2) is 7.59. The highest BCUT2D eigenvalue weighted by atomic mass is 16.5. The topological polar surface area (TPSA) is 121 Å². The van der Waals surface area contributed by atoms with Gasteiger partial charge in [-0.2, -0.15) is 0 Å². The lowest BCUT2D eigenvalue weighted by Crippen LogP contribution is -2.18. The van der Waals surface area contributed by atoms with Crippen LogP contribution in [-0.2, 0) is 0 Å². The van der Waals surface area contributed by atoms with Crippen LogP contribution in [0.2, 0.25) is 0 Å². The minimum absolute atomic E-state index is 0.0381. The molecule has 0 amide bonds. The van der Waals surface area contributed by atoms with Crippen LogP contribution in [0.4, 0.5) is 0 Å². The molecule has 0 fully saturated rings. The number of phenols is 3. The summed E-state index contributed by atoms with van der Waals surface area (Å²) in [6, 6.07) is 12.5. The highest BCUT2D eigenvalue weighted by Crippen LogP contribution is 2.52. The Labute approximate surface area is 188 Å². The van der Waals surface area contributed by atoms with Gasteiger partial charge in [0.05, 0.1) is 25.8 Å². The van der Waals surface area contributed by atoms with Gasteiger partial charge in [0.2, 0.25) is 5.75 Å². The smallest absolute Gasteiger partial charge is 0.271 e. The molecule has 3 aromatic rings. The molecule has 5 rings (SSSR count). The van der Waals surface area contributed by atoms with Crippen molar-refractivity contribution in [2.45, 2.75) is 6.10 Å². The summed E-state index contributed by atoms with van der Waals surface area (Å²) in [5.41, 5.74) is 2.24. The highest BCUT2D eigenvalue weighted by Gasteiger charge is 2.39. The number of ether oxygens (including phenoxy) is 4. The number of phenolic OH excluding ortho intramolecular Hbond substituents is 3. The molecule has 0 saturated carbocycles. The van der Waals surface area contributed by atoms with E-state index in [2.05, 4.69) is 4.74 Å². The maximum atomic E-state index is 11.3. The first-order valence-electron chi connectivity index (χ1n) is 10.0. The summed E-state index contributed by atoms with van der Waals surface area (Å²) in [6.07, 6.45) is 0.849. The lowest BCUT2D eigenvalue weighted by Gasteiger charge is -2.29. The third kappa shape index (κ3) is 3.32. The summed E-state index contributed by atoms with van der Waals surface area (Å²) in [7, 11) is 2.83. The molecule has 2 aliphatic rings. The summed E-state index contributed by atoms with van der Waals surface area (Å²) < 4.78 is 21.1. The molecule has 8 heteroatoms. The summed E-state index contributed by atoms with van der Waals surface area (Å²) in [4.78, 5) is 0. The van der Waals surface area contributed by atoms with Crippen molar-refractivity contribution in [2.75, 3.05) is 14.2 Å². The van der Waals surface area contributed by atoms with Crippen LogP contribution in [0.1, 0.15) is 22.8 Å². The average molecular weight is 449 g/mol. The highest BCUT2D eigenvalue weighted by molar-refractivity contribution is 5.92. The molecule has 8 nitrogen and oxygen atoms in total. The third-order valence-corrected chi connectivity index (χ3v) is 5.60. The predicted octanol–water partition coefficient (Wildman–Crippen LogP) is 4.52. The van der Waals surface area contributed by atoms with E-state index in [1.165, 1.54) is 38.5 Å². The van der Waals surface area contributed by atoms with Gasteiger partial charge in [0.15, 0.2) is 17.3 Å². The first-order valence-corrected chi connectivity index (χ1v) is 10.0. The van der Waals surface area contributed by atoms with Crippen molar-refractivity contribution in [3.05, 3.63) is 77.1 Å². The fourth-order valence-corrected chi connectivity index (χ4v) is 4.01. The van der Waals surface area contributed by atoms with Crippen LogP contribution < -0.4 is 14.2 Å². The summed E-state index contributed by atoms with van der Waals surface area (Å²) in [6.45, 7) is 0. The van der Waals surface area contributed by atoms with Crippen LogP contribution in [0.5, 0.6) is 40.2 Å². The molecule has 1 atom stereocenters. The van der Waals surface area contributed by atoms with Crippen LogP contribution in [-0.4, -0.2) is 39.4 Å². The number of hydrogen-bond donors (Lipinski definition) is 4. The number of aliphatic hydroxyl groups excluding tert-OH is 1. The first kappa shape index (κ1) is 20.4. The van der Waals surface area contributed by atoms with Crippen molar-refractivity contribution in [1.29, 1.82) is 0 Å². The standard InChI is InChI=1S/C25H20O8/c1-30-20-7-13(8-21(31-2)24(20)29)25-23(28)16-11-17(12-3-5-14(26)6-4-12)32-18-9-15(27)10-19(33-25)22(16)18/h3-11,25-29H,1-2H3/p+1. The van der Waals surface area contributed by atoms with Gasteiger partial charge >= 0.3 is 0 Å². The Morgan fingerprint density at radius 2 is 1.52 bits per heavy atom. The number of rotatable bonds is 4. The molecule has 2 heterocycles. The van der Waals surface area contributed by atoms with E-state index in [1.807, 2.05) is 0 Å². The van der Waals surface area contributed by atoms with E-state index in [0.29, 0.717) is 39.5 Å². The van der Waals surface area contributed by atoms with Crippen molar-refractivity contribution in [1.82, 2.24) is 0 Å². The van der Waals surface area contributed by atoms with Gasteiger partial charge in [-0.3, -0.25) is 0 Å². The number of aromatic hydroxyl groups is 4. The Kier molecular flexibility index (Phi) is 4.70. The Hall–Kier alpha value is -4.46. The summed E-state index contributed by atoms with van der Waals surface area (Å²) in [5, 5.41) is 41.5. The Morgan fingerprint density at radius 1 is 0.848 bits per heavy atom. The fourth-order valence-electron chi connectivity index (χ4n) is 4.01. The molecule has 33 heavy (non-hydrogen) atoms. The van der Waals surface area contributed by atoms with Crippen LogP contribution in [0, 0.1) is 0 Å². The van der Waals surface area contributed by atoms with Crippen LogP contribution in [0.25, 0.3) is 11.3 Å². The van der Waals surface area contributed by atoms with E-state index in [-0.39, 0.29) is 34.5 Å². The second-order valence-corrected chi connectivity index (χ2v) is 7.60. The molecule has 0 radical (unpaired) electrons. The number of aliphatic hydroxyl groups is 2. The largest absolute Gasteiger partial charge is 0.571 e. The molecule has 0 aliphatic carbocycles. The van der Waals surface area contributed by atoms with Crippen molar-refractivity contribution in [2.24, 2.45) is 0 Å². The van der Waals surface area contributed by atoms with Gasteiger partial charge in [-0.05, 0) is 42.5 Å². The minimum Gasteiger partial charge on any atom is -0.571 e. The maximum absolute atomic E-state index is 11.3. The van der Waals surface area contributed by atoms with Crippen LogP contribution in [0.15, 0.2) is 60.4 Å². The minimum atomic E-state index is -0.846. The summed E-state index contributed by atoms with van der Waals surface area (Å²) in [5.74, 6) is 1.44. The molecular formula is C25H21O8+. The van der Waals surface area contributed by atoms with Gasteiger partial charge in [0.25, 0.3) is 11.9 Å². The van der Waals surface area contributed by atoms with Gasteiger partial charge in [0.1, 0.15) is 28.6 Å². The number of methoxy groups -OCH3 is 2. The van der Waals surface area contributed by atoms with Crippen molar-refractivity contribution < 1.29 is 39.4 Å². The van der Waals surface area contributed by atoms with E-state index in [9.17, 15) is 20.4 Å². The molecule has 0 bridgehead atoms. The van der Waals surface area contributed by atoms with E-state index in [0.717, 1.165) is 0 Å². The SMILES string of the molecule is COc1cc(C2[OH+]c3cc(O)cc4c3C(=C2O)C=C(c2ccc(O)cc2)O4)cc(OC)c1O. The quantitative estimate of drug-likeness (QED) is 0.432. The van der Waals surface area contributed by atoms with E-state index >= 15 is 0 Å². The average Bonchev–Trinajstić information content (AvgIpc) is 2.81. The van der Waals surface area contributed by atoms with Gasteiger partial charge in [-0.15, -0.1) is 0 Å². The molecule has 0 aromatic heterocycles. The molecule has 2 aliphatic heterocycles. The van der Waals surface area contributed by atoms with E-state index in [1.54, 1.807) is 30.3 Å². The fraction of sp³-hybridized carbons (Fsp3) is 0.120. The van der Waals surface area contributed by atoms with Crippen molar-refractivity contribution in [3.8, 4) is 40.2 Å². The van der Waals surface area contributed by atoms with E-state index in [4.69, 9.17) is 14.2 Å². The second-order valence-electron chi connectivity index (χ2n) is 7.60. The number of allylic oxidation sites excluding steroid dienone is 2. The maximum Gasteiger partial charge on any atom is 0.271 e. The predicted molar refractivity (Wildman–Crippen MR) is 120 cm³/mol. The number of benzene rings is 3. The zero-order valence-electron chi connectivity index (χ0n) is 17.7. The zero-order valence-corrected chi connectivity index (χ0v) is 17.7. The zero-order chi connectivity index (χ0) is 23.3. The molecule has 0 saturated heterocycles. The Balaban J connectivity index is 1.70. The molecule has 3 aromatic carbocycles. The summed E-state index contributed by atoms with van der Waals surface area (Å²) >= 11 is 0. The molecule has 5 N–H and O–H groups in total.